The topological polar surface area (TPSA) is 163 Å². The molecule has 0 aromatic heterocycles. The van der Waals surface area contributed by atoms with Gasteiger partial charge in [0.15, 0.2) is 11.6 Å². The minimum atomic E-state index is -0.854. The van der Waals surface area contributed by atoms with Crippen molar-refractivity contribution in [2.45, 2.75) is 52.9 Å². The quantitative estimate of drug-likeness (QED) is 0.197. The molecule has 11 nitrogen and oxygen atoms in total. The van der Waals surface area contributed by atoms with Crippen molar-refractivity contribution in [1.29, 1.82) is 2.86 Å². The van der Waals surface area contributed by atoms with Crippen LogP contribution in [0, 0.1) is 0 Å². The number of aliphatic hydroxyl groups is 2. The third-order valence-corrected chi connectivity index (χ3v) is 5.13. The van der Waals surface area contributed by atoms with Crippen molar-refractivity contribution in [3.63, 3.8) is 0 Å². The highest BCUT2D eigenvalue weighted by Crippen LogP contribution is 2.17. The number of ketones is 2. The lowest BCUT2D eigenvalue weighted by Crippen LogP contribution is -2.22. The highest BCUT2D eigenvalue weighted by atomic mass is 16.6. The van der Waals surface area contributed by atoms with Crippen LogP contribution in [-0.2, 0) is 18.9 Å². The number of Topliss-reactive ketones (excluding diaryl/α,β-unsaturated/α-hetero) is 2. The summed E-state index contributed by atoms with van der Waals surface area (Å²) >= 11 is 0. The summed E-state index contributed by atoms with van der Waals surface area (Å²) in [6.45, 7) is 7.25. The molecule has 0 saturated heterocycles. The molecule has 0 radical (unpaired) electrons. The molecule has 0 aliphatic heterocycles. The van der Waals surface area contributed by atoms with Crippen molar-refractivity contribution in [1.82, 2.24) is 0 Å². The number of methoxy groups -OCH3 is 1. The van der Waals surface area contributed by atoms with Crippen LogP contribution in [0.25, 0.3) is 0 Å². The number of rotatable bonds is 14. The summed E-state index contributed by atoms with van der Waals surface area (Å²) in [5.41, 5.74) is 0.692. The number of hydrogen-bond donors (Lipinski definition) is 2. The first kappa shape index (κ1) is 30.6. The van der Waals surface area contributed by atoms with Crippen molar-refractivity contribution in [3.05, 3.63) is 70.3 Å². The Balaban J connectivity index is 0.000000609. The summed E-state index contributed by atoms with van der Waals surface area (Å²) in [5, 5.41) is 8.55. The standard InChI is InChI=1S/C19H26O9.C10H10O2/c1-11(20)8-26-17(22)14-5-6-15(18(23)27-9-12(2)21)16(7-14)19(24)28-10-13(3)25-4;1-7(11)9-5-3-4-6-10(9)8(2)12/h5-7,11-13,20-21H,8-10H2,1-4H3;3-6H,1-2H3/i20T,21T;. The average Bonchev–Trinajstić information content (AvgIpc) is 3.00. The van der Waals surface area contributed by atoms with Gasteiger partial charge in [0.25, 0.3) is 0 Å². The lowest BCUT2D eigenvalue weighted by Gasteiger charge is -2.14. The van der Waals surface area contributed by atoms with Gasteiger partial charge in [-0.2, -0.15) is 0 Å². The molecule has 0 aliphatic carbocycles. The van der Waals surface area contributed by atoms with E-state index >= 15 is 0 Å². The van der Waals surface area contributed by atoms with E-state index in [9.17, 15) is 24.0 Å². The summed E-state index contributed by atoms with van der Waals surface area (Å²) in [7, 11) is 1.45. The van der Waals surface area contributed by atoms with E-state index in [1.807, 2.05) is 0 Å². The fourth-order valence-corrected chi connectivity index (χ4v) is 3.00. The van der Waals surface area contributed by atoms with Crippen LogP contribution in [-0.4, -0.2) is 87.8 Å². The Bertz CT molecular complexity index is 1200. The minimum absolute atomic E-state index is 0.00155. The lowest BCUT2D eigenvalue weighted by atomic mass is 10.0. The van der Waals surface area contributed by atoms with E-state index in [4.69, 9.17) is 21.8 Å². The van der Waals surface area contributed by atoms with E-state index in [-0.39, 0.29) is 54.2 Å². The van der Waals surface area contributed by atoms with E-state index in [1.54, 1.807) is 38.1 Å². The van der Waals surface area contributed by atoms with E-state index in [0.717, 1.165) is 6.07 Å². The van der Waals surface area contributed by atoms with Crippen molar-refractivity contribution in [2.24, 2.45) is 0 Å². The van der Waals surface area contributed by atoms with E-state index in [0.29, 0.717) is 11.1 Å². The number of esters is 3. The molecule has 0 heterocycles. The molecule has 0 aliphatic rings. The van der Waals surface area contributed by atoms with Gasteiger partial charge in [-0.05, 0) is 52.8 Å². The van der Waals surface area contributed by atoms with Crippen LogP contribution in [0.15, 0.2) is 42.5 Å². The molecule has 3 atom stereocenters. The van der Waals surface area contributed by atoms with Crippen LogP contribution < -0.4 is 0 Å². The Labute approximate surface area is 236 Å². The zero-order valence-corrected chi connectivity index (χ0v) is 23.4. The zero-order valence-electron chi connectivity index (χ0n) is 25.4. The van der Waals surface area contributed by atoms with Gasteiger partial charge in [0.1, 0.15) is 19.8 Å². The normalized spacial score (nSPS) is 13.2. The Morgan fingerprint density at radius 1 is 0.700 bits per heavy atom. The Morgan fingerprint density at radius 2 is 1.18 bits per heavy atom. The molecule has 218 valence electrons. The molecular weight excluding hydrogens is 524 g/mol. The Hall–Kier alpha value is -3.93. The number of ether oxygens (including phenoxy) is 4. The van der Waals surface area contributed by atoms with Crippen molar-refractivity contribution < 1.29 is 53.1 Å². The second-order valence-electron chi connectivity index (χ2n) is 8.88. The van der Waals surface area contributed by atoms with Crippen LogP contribution in [0.1, 0.15) is 86.4 Å². The van der Waals surface area contributed by atoms with Crippen LogP contribution >= 0.6 is 0 Å². The molecule has 11 heteroatoms. The molecule has 2 aromatic carbocycles. The molecule has 0 amide bonds. The lowest BCUT2D eigenvalue weighted by molar-refractivity contribution is 0.0159. The van der Waals surface area contributed by atoms with Crippen LogP contribution in [0.5, 0.6) is 0 Å². The smallest absolute Gasteiger partial charge is 0.339 e. The third kappa shape index (κ3) is 11.4. The Morgan fingerprint density at radius 3 is 1.65 bits per heavy atom. The first-order valence-electron chi connectivity index (χ1n) is 13.2. The average molecular weight is 565 g/mol. The number of carbonyl (C=O) groups excluding carboxylic acids is 5. The predicted molar refractivity (Wildman–Crippen MR) is 144 cm³/mol. The molecule has 2 rings (SSSR count). The van der Waals surface area contributed by atoms with Gasteiger partial charge in [0.05, 0.1) is 35.0 Å². The fraction of sp³-hybridized carbons (Fsp3) is 0.414. The first-order chi connectivity index (χ1) is 19.9. The fourth-order valence-electron chi connectivity index (χ4n) is 3.00. The van der Waals surface area contributed by atoms with Gasteiger partial charge in [-0.1, -0.05) is 24.3 Å². The molecule has 0 spiro atoms. The number of carbonyl (C=O) groups is 5. The second-order valence-corrected chi connectivity index (χ2v) is 8.88. The summed E-state index contributed by atoms with van der Waals surface area (Å²) < 4.78 is 33.8. The molecule has 2 aromatic rings. The molecule has 3 unspecified atom stereocenters. The molecule has 2 N–H and O–H groups in total. The zero-order chi connectivity index (χ0) is 31.8. The van der Waals surface area contributed by atoms with E-state index in [1.165, 1.54) is 40.0 Å². The maximum atomic E-state index is 12.5. The molecule has 0 saturated carbocycles. The molecule has 0 bridgehead atoms. The van der Waals surface area contributed by atoms with Gasteiger partial charge in [-0.3, -0.25) is 9.59 Å². The highest BCUT2D eigenvalue weighted by molar-refractivity contribution is 6.07. The predicted octanol–water partition coefficient (Wildman–Crippen LogP) is 3.05. The van der Waals surface area contributed by atoms with Gasteiger partial charge in [0.2, 0.25) is 2.86 Å². The van der Waals surface area contributed by atoms with Crippen LogP contribution in [0.3, 0.4) is 0 Å². The van der Waals surface area contributed by atoms with Gasteiger partial charge < -0.3 is 29.2 Å². The minimum Gasteiger partial charge on any atom is -0.459 e. The third-order valence-electron chi connectivity index (χ3n) is 5.13. The number of aliphatic hydroxyl groups excluding tert-OH is 2. The number of benzene rings is 2. The molecule has 40 heavy (non-hydrogen) atoms. The van der Waals surface area contributed by atoms with Crippen LogP contribution in [0.2, 0.25) is 0 Å². The van der Waals surface area contributed by atoms with Gasteiger partial charge in [-0.15, -0.1) is 0 Å². The van der Waals surface area contributed by atoms with Gasteiger partial charge in [0, 0.05) is 18.2 Å². The van der Waals surface area contributed by atoms with Crippen molar-refractivity contribution in [3.8, 4) is 0 Å². The second kappa shape index (κ2) is 16.9. The summed E-state index contributed by atoms with van der Waals surface area (Å²) in [5.74, 6) is -2.61. The monoisotopic (exact) mass is 564 g/mol. The maximum absolute atomic E-state index is 12.5. The van der Waals surface area contributed by atoms with E-state index in [2.05, 4.69) is 10.2 Å². The van der Waals surface area contributed by atoms with Gasteiger partial charge in [-0.25, -0.2) is 14.4 Å². The summed E-state index contributed by atoms with van der Waals surface area (Å²) in [6.07, 6.45) is -1.68. The SMILES string of the molecule is CC(=O)c1ccccc1C(C)=O.[3H]OC(C)COC(=O)c1ccc(C(=O)OCC(C)O[3H])c(C(=O)OCC(C)OC)c1. The highest BCUT2D eigenvalue weighted by Gasteiger charge is 2.23. The van der Waals surface area contributed by atoms with Crippen molar-refractivity contribution in [2.75, 3.05) is 26.9 Å². The van der Waals surface area contributed by atoms with Crippen molar-refractivity contribution >= 4 is 29.5 Å². The summed E-state index contributed by atoms with van der Waals surface area (Å²) in [4.78, 5) is 59.2. The number of hydrogen-bond acceptors (Lipinski definition) is 11. The maximum Gasteiger partial charge on any atom is 0.339 e. The Kier molecular flexibility index (Phi) is 12.9. The summed E-state index contributed by atoms with van der Waals surface area (Å²) in [6, 6.07) is 10.5. The largest absolute Gasteiger partial charge is 0.459 e. The molecule has 0 fully saturated rings. The first-order valence-corrected chi connectivity index (χ1v) is 12.4. The van der Waals surface area contributed by atoms with E-state index < -0.39 is 30.1 Å². The molecular formula is C29H36O11. The van der Waals surface area contributed by atoms with Crippen LogP contribution in [0.4, 0.5) is 0 Å². The van der Waals surface area contributed by atoms with Gasteiger partial charge >= 0.3 is 17.9 Å².